The highest BCUT2D eigenvalue weighted by atomic mass is 16.6. The van der Waals surface area contributed by atoms with Crippen LogP contribution in [0.1, 0.15) is 49.3 Å². The van der Waals surface area contributed by atoms with Crippen LogP contribution in [0.25, 0.3) is 0 Å². The number of aryl methyl sites for hydroxylation is 1. The van der Waals surface area contributed by atoms with Gasteiger partial charge in [-0.1, -0.05) is 0 Å². The number of ether oxygens (including phenoxy) is 3. The van der Waals surface area contributed by atoms with E-state index in [9.17, 15) is 30.0 Å². The zero-order valence-electron chi connectivity index (χ0n) is 15.3. The van der Waals surface area contributed by atoms with Gasteiger partial charge in [-0.05, 0) is 31.5 Å². The SMILES string of the molecule is COc1cc2c(c(O)c1COC(=O)c1c(C)cc(O)c(C)c1O)C(=O)OC2O. The van der Waals surface area contributed by atoms with Gasteiger partial charge in [-0.3, -0.25) is 0 Å². The minimum absolute atomic E-state index is 0.00621. The largest absolute Gasteiger partial charge is 0.508 e. The molecule has 0 aromatic heterocycles. The van der Waals surface area contributed by atoms with Crippen LogP contribution in [-0.4, -0.2) is 39.5 Å². The first kappa shape index (κ1) is 19.3. The molecule has 1 atom stereocenters. The Morgan fingerprint density at radius 3 is 2.50 bits per heavy atom. The summed E-state index contributed by atoms with van der Waals surface area (Å²) in [7, 11) is 1.30. The van der Waals surface area contributed by atoms with E-state index in [4.69, 9.17) is 9.47 Å². The van der Waals surface area contributed by atoms with E-state index in [0.717, 1.165) is 0 Å². The summed E-state index contributed by atoms with van der Waals surface area (Å²) in [4.78, 5) is 24.3. The maximum atomic E-state index is 12.5. The normalized spacial score (nSPS) is 15.1. The molecule has 0 aliphatic carbocycles. The molecular formula is C19H18O9. The predicted octanol–water partition coefficient (Wildman–Crippen LogP) is 1.95. The zero-order valence-corrected chi connectivity index (χ0v) is 15.3. The van der Waals surface area contributed by atoms with Gasteiger partial charge in [0.15, 0.2) is 0 Å². The number of fused-ring (bicyclic) bond motifs is 1. The van der Waals surface area contributed by atoms with E-state index in [1.165, 1.54) is 33.1 Å². The molecule has 9 heteroatoms. The summed E-state index contributed by atoms with van der Waals surface area (Å²) in [6, 6.07) is 2.62. The highest BCUT2D eigenvalue weighted by Gasteiger charge is 2.36. The molecule has 1 unspecified atom stereocenters. The van der Waals surface area contributed by atoms with Crippen LogP contribution in [0.2, 0.25) is 0 Å². The topological polar surface area (TPSA) is 143 Å². The number of benzene rings is 2. The van der Waals surface area contributed by atoms with Crippen molar-refractivity contribution in [2.24, 2.45) is 0 Å². The monoisotopic (exact) mass is 390 g/mol. The second kappa shape index (κ2) is 6.93. The van der Waals surface area contributed by atoms with Crippen molar-refractivity contribution < 1.29 is 44.2 Å². The quantitative estimate of drug-likeness (QED) is 0.576. The van der Waals surface area contributed by atoms with Gasteiger partial charge in [-0.15, -0.1) is 0 Å². The first-order chi connectivity index (χ1) is 13.2. The van der Waals surface area contributed by atoms with E-state index in [1.54, 1.807) is 0 Å². The Kier molecular flexibility index (Phi) is 4.78. The number of phenolic OH excluding ortho intramolecular Hbond substituents is 3. The molecule has 0 saturated carbocycles. The van der Waals surface area contributed by atoms with Crippen LogP contribution in [0.5, 0.6) is 23.0 Å². The molecule has 0 saturated heterocycles. The summed E-state index contributed by atoms with van der Waals surface area (Å²) >= 11 is 0. The lowest BCUT2D eigenvalue weighted by Crippen LogP contribution is -2.10. The van der Waals surface area contributed by atoms with E-state index < -0.39 is 36.3 Å². The molecule has 28 heavy (non-hydrogen) atoms. The van der Waals surface area contributed by atoms with Crippen LogP contribution < -0.4 is 4.74 Å². The van der Waals surface area contributed by atoms with Gasteiger partial charge in [0.1, 0.15) is 40.7 Å². The molecule has 148 valence electrons. The minimum Gasteiger partial charge on any atom is -0.508 e. The highest BCUT2D eigenvalue weighted by molar-refractivity contribution is 5.98. The number of cyclic esters (lactones) is 1. The van der Waals surface area contributed by atoms with Crippen LogP contribution in [0, 0.1) is 13.8 Å². The smallest absolute Gasteiger partial charge is 0.345 e. The molecular weight excluding hydrogens is 372 g/mol. The number of aromatic hydroxyl groups is 3. The van der Waals surface area contributed by atoms with E-state index in [2.05, 4.69) is 4.74 Å². The van der Waals surface area contributed by atoms with Crippen molar-refractivity contribution in [2.75, 3.05) is 7.11 Å². The average Bonchev–Trinajstić information content (AvgIpc) is 2.92. The van der Waals surface area contributed by atoms with Crippen molar-refractivity contribution >= 4 is 11.9 Å². The molecule has 9 nitrogen and oxygen atoms in total. The lowest BCUT2D eigenvalue weighted by Gasteiger charge is -2.15. The standard InChI is InChI=1S/C19H18O9/c1-7-4-11(20)8(2)15(21)13(7)18(24)27-6-10-12(26-3)5-9-14(16(10)22)19(25)28-17(9)23/h4-5,17,20-23H,6H2,1-3H3. The van der Waals surface area contributed by atoms with Crippen LogP contribution in [0.4, 0.5) is 0 Å². The maximum absolute atomic E-state index is 12.5. The van der Waals surface area contributed by atoms with Crippen molar-refractivity contribution in [2.45, 2.75) is 26.7 Å². The first-order valence-electron chi connectivity index (χ1n) is 8.18. The molecule has 3 rings (SSSR count). The van der Waals surface area contributed by atoms with Crippen molar-refractivity contribution in [1.82, 2.24) is 0 Å². The average molecular weight is 390 g/mol. The number of carbonyl (C=O) groups is 2. The van der Waals surface area contributed by atoms with Crippen molar-refractivity contribution in [3.8, 4) is 23.0 Å². The summed E-state index contributed by atoms with van der Waals surface area (Å²) in [6.07, 6.45) is -1.53. The lowest BCUT2D eigenvalue weighted by atomic mass is 10.0. The number of methoxy groups -OCH3 is 1. The maximum Gasteiger partial charge on any atom is 0.345 e. The third kappa shape index (κ3) is 2.95. The Bertz CT molecular complexity index is 994. The molecule has 0 bridgehead atoms. The molecule has 1 aliphatic heterocycles. The van der Waals surface area contributed by atoms with Crippen LogP contribution >= 0.6 is 0 Å². The summed E-state index contributed by atoms with van der Waals surface area (Å²) in [5.41, 5.74) is 0.0728. The second-order valence-corrected chi connectivity index (χ2v) is 6.27. The van der Waals surface area contributed by atoms with E-state index in [1.807, 2.05) is 0 Å². The molecule has 0 spiro atoms. The Labute approximate surface area is 159 Å². The van der Waals surface area contributed by atoms with Gasteiger partial charge < -0.3 is 34.6 Å². The van der Waals surface area contributed by atoms with Gasteiger partial charge in [0, 0.05) is 11.1 Å². The van der Waals surface area contributed by atoms with Gasteiger partial charge in [-0.2, -0.15) is 0 Å². The second-order valence-electron chi connectivity index (χ2n) is 6.27. The number of phenols is 3. The van der Waals surface area contributed by atoms with E-state index in [-0.39, 0.29) is 39.3 Å². The third-order valence-electron chi connectivity index (χ3n) is 4.58. The third-order valence-corrected chi connectivity index (χ3v) is 4.58. The fraction of sp³-hybridized carbons (Fsp3) is 0.263. The number of carbonyl (C=O) groups excluding carboxylic acids is 2. The summed E-state index contributed by atoms with van der Waals surface area (Å²) in [6.45, 7) is 2.47. The zero-order chi connectivity index (χ0) is 20.7. The number of esters is 2. The molecule has 2 aromatic rings. The minimum atomic E-state index is -1.53. The lowest BCUT2D eigenvalue weighted by molar-refractivity contribution is -0.0548. The summed E-state index contributed by atoms with van der Waals surface area (Å²) < 4.78 is 15.0. The Hall–Kier alpha value is -3.46. The van der Waals surface area contributed by atoms with Crippen LogP contribution in [-0.2, 0) is 16.1 Å². The van der Waals surface area contributed by atoms with Crippen LogP contribution in [0.15, 0.2) is 12.1 Å². The number of aliphatic hydroxyl groups excluding tert-OH is 1. The number of aliphatic hydroxyl groups is 1. The van der Waals surface area contributed by atoms with E-state index >= 15 is 0 Å². The van der Waals surface area contributed by atoms with Gasteiger partial charge in [0.05, 0.1) is 12.7 Å². The summed E-state index contributed by atoms with van der Waals surface area (Å²) in [5, 5.41) is 40.0. The van der Waals surface area contributed by atoms with Gasteiger partial charge in [-0.25, -0.2) is 9.59 Å². The molecule has 0 fully saturated rings. The predicted molar refractivity (Wildman–Crippen MR) is 93.4 cm³/mol. The number of rotatable bonds is 4. The van der Waals surface area contributed by atoms with E-state index in [0.29, 0.717) is 5.56 Å². The highest BCUT2D eigenvalue weighted by Crippen LogP contribution is 2.42. The van der Waals surface area contributed by atoms with Crippen molar-refractivity contribution in [1.29, 1.82) is 0 Å². The molecule has 2 aromatic carbocycles. The molecule has 0 amide bonds. The molecule has 1 heterocycles. The van der Waals surface area contributed by atoms with Gasteiger partial charge >= 0.3 is 11.9 Å². The Morgan fingerprint density at radius 2 is 1.86 bits per heavy atom. The van der Waals surface area contributed by atoms with Gasteiger partial charge in [0.25, 0.3) is 0 Å². The fourth-order valence-electron chi connectivity index (χ4n) is 3.01. The van der Waals surface area contributed by atoms with Crippen molar-refractivity contribution in [3.05, 3.63) is 45.5 Å². The number of hydrogen-bond donors (Lipinski definition) is 4. The molecule has 1 aliphatic rings. The Morgan fingerprint density at radius 1 is 1.18 bits per heavy atom. The van der Waals surface area contributed by atoms with Gasteiger partial charge in [0.2, 0.25) is 6.29 Å². The fourth-order valence-corrected chi connectivity index (χ4v) is 3.01. The number of hydrogen-bond acceptors (Lipinski definition) is 9. The first-order valence-corrected chi connectivity index (χ1v) is 8.18. The Balaban J connectivity index is 1.94. The van der Waals surface area contributed by atoms with Crippen molar-refractivity contribution in [3.63, 3.8) is 0 Å². The molecule has 0 radical (unpaired) electrons. The van der Waals surface area contributed by atoms with Crippen LogP contribution in [0.3, 0.4) is 0 Å². The molecule has 4 N–H and O–H groups in total. The summed E-state index contributed by atoms with van der Waals surface area (Å²) in [5.74, 6) is -2.86.